The third kappa shape index (κ3) is 2.95. The van der Waals surface area contributed by atoms with Gasteiger partial charge in [0.25, 0.3) is 5.91 Å². The number of pyridine rings is 1. The Bertz CT molecular complexity index is 635. The second kappa shape index (κ2) is 5.65. The molecule has 0 spiro atoms. The van der Waals surface area contributed by atoms with E-state index in [1.807, 2.05) is 26.2 Å². The average Bonchev–Trinajstić information content (AvgIpc) is 3.08. The van der Waals surface area contributed by atoms with E-state index < -0.39 is 0 Å². The second-order valence-corrected chi connectivity index (χ2v) is 5.30. The highest BCUT2D eigenvalue weighted by Crippen LogP contribution is 2.28. The van der Waals surface area contributed by atoms with Crippen LogP contribution in [-0.4, -0.2) is 33.3 Å². The maximum absolute atomic E-state index is 12.3. The van der Waals surface area contributed by atoms with Gasteiger partial charge < -0.3 is 10.1 Å². The fraction of sp³-hybridized carbons (Fsp3) is 0.400. The lowest BCUT2D eigenvalue weighted by molar-refractivity contribution is 0.0821. The van der Waals surface area contributed by atoms with E-state index in [9.17, 15) is 4.79 Å². The van der Waals surface area contributed by atoms with Gasteiger partial charge in [0.05, 0.1) is 17.8 Å². The topological polar surface area (TPSA) is 69.0 Å². The summed E-state index contributed by atoms with van der Waals surface area (Å²) < 4.78 is 7.47. The zero-order chi connectivity index (χ0) is 14.8. The highest BCUT2D eigenvalue weighted by molar-refractivity contribution is 5.94. The summed E-state index contributed by atoms with van der Waals surface area (Å²) in [5.74, 6) is -0.119. The second-order valence-electron chi connectivity index (χ2n) is 5.30. The summed E-state index contributed by atoms with van der Waals surface area (Å²) in [5, 5.41) is 7.19. The molecule has 1 saturated heterocycles. The molecule has 2 aromatic heterocycles. The monoisotopic (exact) mass is 286 g/mol. The first-order valence-corrected chi connectivity index (χ1v) is 6.97. The Kier molecular flexibility index (Phi) is 3.70. The molecular weight excluding hydrogens is 268 g/mol. The normalized spacial score (nSPS) is 21.4. The van der Waals surface area contributed by atoms with E-state index in [0.29, 0.717) is 12.2 Å². The van der Waals surface area contributed by atoms with Crippen molar-refractivity contribution in [1.29, 1.82) is 0 Å². The Hall–Kier alpha value is -2.21. The molecule has 2 atom stereocenters. The molecule has 21 heavy (non-hydrogen) atoms. The zero-order valence-corrected chi connectivity index (χ0v) is 12.1. The molecule has 3 heterocycles. The van der Waals surface area contributed by atoms with Gasteiger partial charge in [0.15, 0.2) is 0 Å². The Labute approximate surface area is 123 Å². The SMILES string of the molecule is Cc1ccc(C(=O)N[C@H]2CCO[C@@H]2c2cnn(C)c2)cn1. The van der Waals surface area contributed by atoms with Gasteiger partial charge in [-0.2, -0.15) is 5.10 Å². The van der Waals surface area contributed by atoms with Crippen LogP contribution in [0.4, 0.5) is 0 Å². The van der Waals surface area contributed by atoms with Gasteiger partial charge in [-0.05, 0) is 25.5 Å². The largest absolute Gasteiger partial charge is 0.371 e. The van der Waals surface area contributed by atoms with Crippen molar-refractivity contribution in [3.63, 3.8) is 0 Å². The molecule has 1 aliphatic heterocycles. The van der Waals surface area contributed by atoms with Crippen molar-refractivity contribution in [1.82, 2.24) is 20.1 Å². The first kappa shape index (κ1) is 13.8. The number of nitrogens with one attached hydrogen (secondary N) is 1. The Morgan fingerprint density at radius 2 is 2.29 bits per heavy atom. The molecule has 0 aromatic carbocycles. The van der Waals surface area contributed by atoms with Crippen molar-refractivity contribution in [2.75, 3.05) is 6.61 Å². The fourth-order valence-corrected chi connectivity index (χ4v) is 2.51. The van der Waals surface area contributed by atoms with Crippen molar-refractivity contribution in [3.8, 4) is 0 Å². The number of rotatable bonds is 3. The van der Waals surface area contributed by atoms with Crippen LogP contribution in [0.1, 0.15) is 34.1 Å². The molecule has 0 radical (unpaired) electrons. The molecule has 0 bridgehead atoms. The third-order valence-electron chi connectivity index (χ3n) is 3.64. The number of aryl methyl sites for hydroxylation is 2. The summed E-state index contributed by atoms with van der Waals surface area (Å²) in [6.45, 7) is 2.53. The molecule has 3 rings (SSSR count). The predicted octanol–water partition coefficient (Wildman–Crippen LogP) is 1.38. The number of carbonyl (C=O) groups excluding carboxylic acids is 1. The van der Waals surface area contributed by atoms with E-state index in [1.54, 1.807) is 23.1 Å². The molecule has 0 aliphatic carbocycles. The van der Waals surface area contributed by atoms with E-state index in [4.69, 9.17) is 4.74 Å². The number of carbonyl (C=O) groups is 1. The van der Waals surface area contributed by atoms with Gasteiger partial charge in [-0.15, -0.1) is 0 Å². The van der Waals surface area contributed by atoms with Crippen LogP contribution in [0, 0.1) is 6.92 Å². The van der Waals surface area contributed by atoms with Gasteiger partial charge >= 0.3 is 0 Å². The van der Waals surface area contributed by atoms with E-state index in [-0.39, 0.29) is 18.1 Å². The van der Waals surface area contributed by atoms with Crippen molar-refractivity contribution in [3.05, 3.63) is 47.5 Å². The van der Waals surface area contributed by atoms with Crippen molar-refractivity contribution < 1.29 is 9.53 Å². The molecule has 1 aliphatic rings. The maximum Gasteiger partial charge on any atom is 0.253 e. The van der Waals surface area contributed by atoms with Crippen LogP contribution in [0.15, 0.2) is 30.7 Å². The van der Waals surface area contributed by atoms with Crippen LogP contribution >= 0.6 is 0 Å². The summed E-state index contributed by atoms with van der Waals surface area (Å²) in [4.78, 5) is 16.4. The van der Waals surface area contributed by atoms with Gasteiger partial charge in [0.2, 0.25) is 0 Å². The van der Waals surface area contributed by atoms with E-state index >= 15 is 0 Å². The minimum absolute atomic E-state index is 0.0389. The van der Waals surface area contributed by atoms with Gasteiger partial charge in [0, 0.05) is 37.3 Å². The van der Waals surface area contributed by atoms with E-state index in [2.05, 4.69) is 15.4 Å². The first-order chi connectivity index (χ1) is 10.1. The number of hydrogen-bond acceptors (Lipinski definition) is 4. The Morgan fingerprint density at radius 3 is 2.95 bits per heavy atom. The van der Waals surface area contributed by atoms with E-state index in [1.165, 1.54) is 0 Å². The fourth-order valence-electron chi connectivity index (χ4n) is 2.51. The van der Waals surface area contributed by atoms with Crippen LogP contribution in [0.5, 0.6) is 0 Å². The van der Waals surface area contributed by atoms with Crippen LogP contribution in [0.3, 0.4) is 0 Å². The Morgan fingerprint density at radius 1 is 1.43 bits per heavy atom. The number of amides is 1. The lowest BCUT2D eigenvalue weighted by Gasteiger charge is -2.18. The number of aromatic nitrogens is 3. The van der Waals surface area contributed by atoms with Crippen molar-refractivity contribution in [2.24, 2.45) is 7.05 Å². The first-order valence-electron chi connectivity index (χ1n) is 6.97. The highest BCUT2D eigenvalue weighted by atomic mass is 16.5. The van der Waals surface area contributed by atoms with Gasteiger partial charge in [-0.3, -0.25) is 14.5 Å². The lowest BCUT2D eigenvalue weighted by atomic mass is 10.0. The molecule has 1 fully saturated rings. The molecule has 6 heteroatoms. The predicted molar refractivity (Wildman–Crippen MR) is 76.7 cm³/mol. The van der Waals surface area contributed by atoms with Gasteiger partial charge in [-0.25, -0.2) is 0 Å². The number of nitrogens with zero attached hydrogens (tertiary/aromatic N) is 3. The highest BCUT2D eigenvalue weighted by Gasteiger charge is 2.32. The van der Waals surface area contributed by atoms with Crippen LogP contribution < -0.4 is 5.32 Å². The van der Waals surface area contributed by atoms with Crippen LogP contribution in [-0.2, 0) is 11.8 Å². The van der Waals surface area contributed by atoms with Crippen molar-refractivity contribution >= 4 is 5.91 Å². The van der Waals surface area contributed by atoms with Crippen LogP contribution in [0.2, 0.25) is 0 Å². The smallest absolute Gasteiger partial charge is 0.253 e. The minimum atomic E-state index is -0.138. The lowest BCUT2D eigenvalue weighted by Crippen LogP contribution is -2.36. The van der Waals surface area contributed by atoms with Crippen LogP contribution in [0.25, 0.3) is 0 Å². The molecule has 1 amide bonds. The molecule has 0 saturated carbocycles. The summed E-state index contributed by atoms with van der Waals surface area (Å²) >= 11 is 0. The van der Waals surface area contributed by atoms with E-state index in [0.717, 1.165) is 17.7 Å². The Balaban J connectivity index is 1.71. The number of hydrogen-bond donors (Lipinski definition) is 1. The average molecular weight is 286 g/mol. The summed E-state index contributed by atoms with van der Waals surface area (Å²) in [7, 11) is 1.87. The molecular formula is C15H18N4O2. The molecule has 2 aromatic rings. The van der Waals surface area contributed by atoms with Gasteiger partial charge in [0.1, 0.15) is 6.10 Å². The van der Waals surface area contributed by atoms with Crippen molar-refractivity contribution in [2.45, 2.75) is 25.5 Å². The zero-order valence-electron chi connectivity index (χ0n) is 12.1. The molecule has 0 unspecified atom stereocenters. The summed E-state index contributed by atoms with van der Waals surface area (Å²) in [6.07, 6.45) is 5.95. The minimum Gasteiger partial charge on any atom is -0.371 e. The third-order valence-corrected chi connectivity index (χ3v) is 3.64. The standard InChI is InChI=1S/C15H18N4O2/c1-10-3-4-11(7-16-10)15(20)18-13-5-6-21-14(13)12-8-17-19(2)9-12/h3-4,7-9,13-14H,5-6H2,1-2H3,(H,18,20)/t13-,14+/m0/s1. The number of ether oxygens (including phenoxy) is 1. The molecule has 110 valence electrons. The summed E-state index contributed by atoms with van der Waals surface area (Å²) in [5.41, 5.74) is 2.45. The summed E-state index contributed by atoms with van der Waals surface area (Å²) in [6, 6.07) is 3.58. The maximum atomic E-state index is 12.3. The molecule has 6 nitrogen and oxygen atoms in total. The quantitative estimate of drug-likeness (QED) is 0.925. The molecule has 1 N–H and O–H groups in total. The van der Waals surface area contributed by atoms with Gasteiger partial charge in [-0.1, -0.05) is 0 Å².